The first-order valence-electron chi connectivity index (χ1n) is 11.3. The molecule has 0 aliphatic heterocycles. The number of rotatable bonds is 11. The smallest absolute Gasteiger partial charge is 0.246 e. The normalized spacial score (nSPS) is 11.2. The monoisotopic (exact) mass is 447 g/mol. The van der Waals surface area contributed by atoms with Crippen LogP contribution in [0.3, 0.4) is 0 Å². The van der Waals surface area contributed by atoms with Crippen LogP contribution in [0.25, 0.3) is 0 Å². The highest BCUT2D eigenvalue weighted by atomic mass is 16.2. The van der Waals surface area contributed by atoms with Crippen LogP contribution in [0.1, 0.15) is 18.9 Å². The molecule has 0 saturated heterocycles. The maximum Gasteiger partial charge on any atom is 0.246 e. The van der Waals surface area contributed by atoms with Gasteiger partial charge >= 0.3 is 0 Å². The predicted octanol–water partition coefficient (Wildman–Crippen LogP) is 3.10. The van der Waals surface area contributed by atoms with Gasteiger partial charge in [-0.25, -0.2) is 0 Å². The number of carbonyl (C=O) groups is 1. The number of benzene rings is 2. The molecule has 3 aromatic rings. The lowest BCUT2D eigenvalue weighted by Gasteiger charge is -2.23. The summed E-state index contributed by atoms with van der Waals surface area (Å²) in [5.41, 5.74) is 3.06. The quantitative estimate of drug-likeness (QED) is 0.239. The number of anilines is 2. The molecule has 1 aromatic heterocycles. The molecule has 2 aromatic carbocycles. The Bertz CT molecular complexity index is 1000. The summed E-state index contributed by atoms with van der Waals surface area (Å²) in [4.78, 5) is 18.9. The van der Waals surface area contributed by atoms with Gasteiger partial charge in [-0.15, -0.1) is 0 Å². The number of guanidine groups is 1. The Hall–Kier alpha value is -3.81. The van der Waals surface area contributed by atoms with Crippen molar-refractivity contribution in [3.8, 4) is 0 Å². The summed E-state index contributed by atoms with van der Waals surface area (Å²) >= 11 is 0. The molecular weight excluding hydrogens is 414 g/mol. The summed E-state index contributed by atoms with van der Waals surface area (Å²) in [6.07, 6.45) is 4.42. The van der Waals surface area contributed by atoms with Gasteiger partial charge in [-0.2, -0.15) is 5.10 Å². The fraction of sp³-hybridized carbons (Fsp3) is 0.320. The molecule has 3 N–H and O–H groups in total. The van der Waals surface area contributed by atoms with Crippen LogP contribution < -0.4 is 20.9 Å². The lowest BCUT2D eigenvalue weighted by Crippen LogP contribution is -2.38. The molecule has 33 heavy (non-hydrogen) atoms. The second kappa shape index (κ2) is 12.9. The Balaban J connectivity index is 1.41. The first-order chi connectivity index (χ1) is 16.2. The molecular formula is C25H33N7O. The molecule has 0 aliphatic carbocycles. The van der Waals surface area contributed by atoms with Crippen LogP contribution in [0, 0.1) is 0 Å². The molecule has 1 heterocycles. The first kappa shape index (κ1) is 23.8. The van der Waals surface area contributed by atoms with Crippen LogP contribution in [0.2, 0.25) is 0 Å². The van der Waals surface area contributed by atoms with E-state index in [9.17, 15) is 4.79 Å². The summed E-state index contributed by atoms with van der Waals surface area (Å²) in [6, 6.07) is 20.1. The molecule has 1 amide bonds. The number of aliphatic imine (C=N–C) groups is 1. The minimum Gasteiger partial charge on any atom is -0.372 e. The summed E-state index contributed by atoms with van der Waals surface area (Å²) in [6.45, 7) is 5.75. The Morgan fingerprint density at radius 2 is 1.94 bits per heavy atom. The van der Waals surface area contributed by atoms with Crippen molar-refractivity contribution in [3.05, 3.63) is 78.6 Å². The molecule has 0 bridgehead atoms. The number of aromatic nitrogens is 2. The Morgan fingerprint density at radius 1 is 1.09 bits per heavy atom. The van der Waals surface area contributed by atoms with Crippen molar-refractivity contribution in [2.45, 2.75) is 26.4 Å². The summed E-state index contributed by atoms with van der Waals surface area (Å²) in [5.74, 6) is 0.642. The molecule has 8 heteroatoms. The fourth-order valence-electron chi connectivity index (χ4n) is 3.49. The minimum absolute atomic E-state index is 0.113. The molecule has 0 saturated carbocycles. The average molecular weight is 448 g/mol. The van der Waals surface area contributed by atoms with Crippen LogP contribution in [-0.2, 0) is 17.9 Å². The van der Waals surface area contributed by atoms with E-state index in [0.717, 1.165) is 43.3 Å². The van der Waals surface area contributed by atoms with Gasteiger partial charge in [-0.1, -0.05) is 30.3 Å². The summed E-state index contributed by atoms with van der Waals surface area (Å²) < 4.78 is 1.59. The molecule has 0 fully saturated rings. The Kier molecular flexibility index (Phi) is 9.32. The molecule has 0 unspecified atom stereocenters. The van der Waals surface area contributed by atoms with E-state index in [1.54, 1.807) is 30.2 Å². The van der Waals surface area contributed by atoms with Gasteiger partial charge in [-0.3, -0.25) is 14.5 Å². The van der Waals surface area contributed by atoms with Crippen LogP contribution in [-0.4, -0.2) is 48.3 Å². The van der Waals surface area contributed by atoms with E-state index < -0.39 is 0 Å². The van der Waals surface area contributed by atoms with Crippen LogP contribution in [0.4, 0.5) is 11.4 Å². The van der Waals surface area contributed by atoms with E-state index in [1.165, 1.54) is 5.69 Å². The van der Waals surface area contributed by atoms with Gasteiger partial charge in [0.05, 0.1) is 0 Å². The van der Waals surface area contributed by atoms with Gasteiger partial charge in [0.15, 0.2) is 5.96 Å². The minimum atomic E-state index is -0.113. The summed E-state index contributed by atoms with van der Waals surface area (Å²) in [5, 5.41) is 13.7. The van der Waals surface area contributed by atoms with Crippen molar-refractivity contribution in [2.24, 2.45) is 4.99 Å². The van der Waals surface area contributed by atoms with Crippen molar-refractivity contribution in [1.29, 1.82) is 0 Å². The maximum atomic E-state index is 12.2. The second-order valence-electron chi connectivity index (χ2n) is 7.57. The third-order valence-electron chi connectivity index (χ3n) is 5.16. The molecule has 0 spiro atoms. The Morgan fingerprint density at radius 3 is 2.67 bits per heavy atom. The highest BCUT2D eigenvalue weighted by Crippen LogP contribution is 2.13. The first-order valence-corrected chi connectivity index (χ1v) is 11.3. The third kappa shape index (κ3) is 7.99. The molecule has 0 atom stereocenters. The number of nitrogens with one attached hydrogen (secondary N) is 3. The molecule has 8 nitrogen and oxygen atoms in total. The van der Waals surface area contributed by atoms with Gasteiger partial charge < -0.3 is 20.9 Å². The topological polar surface area (TPSA) is 86.6 Å². The number of amides is 1. The maximum absolute atomic E-state index is 12.2. The van der Waals surface area contributed by atoms with Gasteiger partial charge in [0.2, 0.25) is 5.91 Å². The van der Waals surface area contributed by atoms with E-state index in [1.807, 2.05) is 30.3 Å². The van der Waals surface area contributed by atoms with Crippen molar-refractivity contribution in [3.63, 3.8) is 0 Å². The molecule has 3 rings (SSSR count). The van der Waals surface area contributed by atoms with E-state index in [0.29, 0.717) is 6.54 Å². The predicted molar refractivity (Wildman–Crippen MR) is 134 cm³/mol. The van der Waals surface area contributed by atoms with Crippen LogP contribution in [0.5, 0.6) is 0 Å². The lowest BCUT2D eigenvalue weighted by molar-refractivity contribution is -0.116. The number of nitrogens with zero attached hydrogens (tertiary/aromatic N) is 4. The van der Waals surface area contributed by atoms with Gasteiger partial charge in [0.1, 0.15) is 6.54 Å². The van der Waals surface area contributed by atoms with E-state index in [4.69, 9.17) is 0 Å². The zero-order valence-corrected chi connectivity index (χ0v) is 19.4. The largest absolute Gasteiger partial charge is 0.372 e. The number of hydrogen-bond acceptors (Lipinski definition) is 4. The van der Waals surface area contributed by atoms with Crippen molar-refractivity contribution in [2.75, 3.05) is 36.9 Å². The zero-order valence-electron chi connectivity index (χ0n) is 19.4. The highest BCUT2D eigenvalue weighted by molar-refractivity contribution is 5.90. The average Bonchev–Trinajstić information content (AvgIpc) is 3.34. The fourth-order valence-corrected chi connectivity index (χ4v) is 3.49. The van der Waals surface area contributed by atoms with E-state index in [2.05, 4.69) is 62.1 Å². The third-order valence-corrected chi connectivity index (χ3v) is 5.16. The van der Waals surface area contributed by atoms with Gasteiger partial charge in [-0.05, 0) is 49.2 Å². The molecule has 174 valence electrons. The second-order valence-corrected chi connectivity index (χ2v) is 7.57. The highest BCUT2D eigenvalue weighted by Gasteiger charge is 2.06. The van der Waals surface area contributed by atoms with Crippen LogP contribution >= 0.6 is 0 Å². The standard InChI is InChI=1S/C25H33N7O/c1-3-31(23-12-5-4-6-13-23)16-8-14-27-25(26-2)28-19-21-10-7-11-22(18-21)30-24(33)20-32-17-9-15-29-32/h4-7,9-13,15,17-18H,3,8,14,16,19-20H2,1-2H3,(H,30,33)(H2,26,27,28). The number of hydrogen-bond donors (Lipinski definition) is 3. The SMILES string of the molecule is CCN(CCCNC(=NC)NCc1cccc(NC(=O)Cn2cccn2)c1)c1ccccc1. The molecule has 0 aliphatic rings. The Labute approximate surface area is 195 Å². The molecule has 0 radical (unpaired) electrons. The zero-order chi connectivity index (χ0) is 23.3. The van der Waals surface area contributed by atoms with Gasteiger partial charge in [0.25, 0.3) is 0 Å². The van der Waals surface area contributed by atoms with Crippen molar-refractivity contribution >= 4 is 23.2 Å². The van der Waals surface area contributed by atoms with Gasteiger partial charge in [0, 0.05) is 57.0 Å². The van der Waals surface area contributed by atoms with E-state index >= 15 is 0 Å². The van der Waals surface area contributed by atoms with Crippen LogP contribution in [0.15, 0.2) is 78.0 Å². The lowest BCUT2D eigenvalue weighted by atomic mass is 10.2. The summed E-state index contributed by atoms with van der Waals surface area (Å²) in [7, 11) is 1.77. The number of para-hydroxylation sites is 1. The van der Waals surface area contributed by atoms with Crippen molar-refractivity contribution < 1.29 is 4.79 Å². The van der Waals surface area contributed by atoms with E-state index in [-0.39, 0.29) is 12.5 Å². The van der Waals surface area contributed by atoms with Crippen molar-refractivity contribution in [1.82, 2.24) is 20.4 Å². The number of carbonyl (C=O) groups excluding carboxylic acids is 1.